The first-order valence-corrected chi connectivity index (χ1v) is 12.5. The topological polar surface area (TPSA) is 90.4 Å². The molecular weight excluding hydrogens is 462 g/mol. The van der Waals surface area contributed by atoms with Crippen LogP contribution in [0.1, 0.15) is 22.3 Å². The molecule has 3 aromatic carbocycles. The van der Waals surface area contributed by atoms with E-state index in [0.717, 1.165) is 27.9 Å². The fourth-order valence-corrected chi connectivity index (χ4v) is 5.16. The lowest BCUT2D eigenvalue weighted by molar-refractivity contribution is 0.305. The number of methoxy groups -OCH3 is 1. The Kier molecular flexibility index (Phi) is 7.02. The number of aromatic nitrogens is 2. The zero-order valence-corrected chi connectivity index (χ0v) is 20.9. The number of ether oxygens (including phenoxy) is 2. The molecule has 1 N–H and O–H groups in total. The molecule has 4 rings (SSSR count). The van der Waals surface area contributed by atoms with E-state index in [9.17, 15) is 8.42 Å². The molecule has 0 unspecified atom stereocenters. The molecule has 0 saturated carbocycles. The van der Waals surface area contributed by atoms with Crippen LogP contribution in [0.15, 0.2) is 82.7 Å². The predicted octanol–water partition coefficient (Wildman–Crippen LogP) is 5.57. The van der Waals surface area contributed by atoms with Crippen molar-refractivity contribution in [2.24, 2.45) is 0 Å². The van der Waals surface area contributed by atoms with E-state index in [2.05, 4.69) is 15.3 Å². The number of sulfone groups is 1. The van der Waals surface area contributed by atoms with Crippen molar-refractivity contribution in [3.63, 3.8) is 0 Å². The number of benzene rings is 3. The Morgan fingerprint density at radius 1 is 0.914 bits per heavy atom. The summed E-state index contributed by atoms with van der Waals surface area (Å²) in [5.41, 5.74) is 4.83. The fraction of sp³-hybridized carbons (Fsp3) is 0.185. The lowest BCUT2D eigenvalue weighted by Crippen LogP contribution is -2.10. The van der Waals surface area contributed by atoms with Crippen LogP contribution in [0.2, 0.25) is 0 Å². The molecule has 0 aliphatic heterocycles. The molecule has 7 nitrogen and oxygen atoms in total. The van der Waals surface area contributed by atoms with Crippen molar-refractivity contribution in [3.8, 4) is 11.8 Å². The molecule has 0 radical (unpaired) electrons. The van der Waals surface area contributed by atoms with Crippen molar-refractivity contribution < 1.29 is 17.9 Å². The summed E-state index contributed by atoms with van der Waals surface area (Å²) in [5, 5.41) is 3.21. The van der Waals surface area contributed by atoms with Gasteiger partial charge in [-0.25, -0.2) is 13.4 Å². The van der Waals surface area contributed by atoms with Crippen LogP contribution in [-0.4, -0.2) is 25.5 Å². The van der Waals surface area contributed by atoms with Crippen molar-refractivity contribution in [2.75, 3.05) is 12.4 Å². The zero-order chi connectivity index (χ0) is 25.0. The molecule has 35 heavy (non-hydrogen) atoms. The van der Waals surface area contributed by atoms with Gasteiger partial charge in [-0.05, 0) is 55.7 Å². The molecule has 0 saturated heterocycles. The smallest absolute Gasteiger partial charge is 0.318 e. The second kappa shape index (κ2) is 10.1. The second-order valence-electron chi connectivity index (χ2n) is 8.22. The Hall–Kier alpha value is -3.91. The average molecular weight is 490 g/mol. The van der Waals surface area contributed by atoms with E-state index in [1.807, 2.05) is 63.2 Å². The molecule has 0 spiro atoms. The molecule has 4 aromatic rings. The molecule has 0 fully saturated rings. The Morgan fingerprint density at radius 2 is 1.63 bits per heavy atom. The van der Waals surface area contributed by atoms with Crippen LogP contribution in [-0.2, 0) is 16.4 Å². The summed E-state index contributed by atoms with van der Waals surface area (Å²) in [6.45, 7) is 6.26. The number of hydrogen-bond acceptors (Lipinski definition) is 7. The van der Waals surface area contributed by atoms with Gasteiger partial charge in [0.2, 0.25) is 9.84 Å². The van der Waals surface area contributed by atoms with Crippen LogP contribution in [0.25, 0.3) is 0 Å². The summed E-state index contributed by atoms with van der Waals surface area (Å²) in [7, 11) is -2.54. The summed E-state index contributed by atoms with van der Waals surface area (Å²) in [6.07, 6.45) is 1.26. The van der Waals surface area contributed by atoms with Gasteiger partial charge in [0.05, 0.1) is 18.2 Å². The van der Waals surface area contributed by atoms with Crippen LogP contribution in [0.3, 0.4) is 0 Å². The Morgan fingerprint density at radius 3 is 2.31 bits per heavy atom. The highest BCUT2D eigenvalue weighted by Crippen LogP contribution is 2.33. The van der Waals surface area contributed by atoms with Crippen LogP contribution in [0.4, 0.5) is 11.5 Å². The zero-order valence-electron chi connectivity index (χ0n) is 20.1. The van der Waals surface area contributed by atoms with Crippen molar-refractivity contribution in [1.29, 1.82) is 0 Å². The molecule has 180 valence electrons. The van der Waals surface area contributed by atoms with Gasteiger partial charge in [0.1, 0.15) is 17.3 Å². The molecule has 1 heterocycles. The molecule has 0 amide bonds. The van der Waals surface area contributed by atoms with Gasteiger partial charge in [0.15, 0.2) is 5.82 Å². The minimum Gasteiger partial charge on any atom is -0.489 e. The van der Waals surface area contributed by atoms with Gasteiger partial charge < -0.3 is 14.8 Å². The van der Waals surface area contributed by atoms with Crippen molar-refractivity contribution in [1.82, 2.24) is 9.97 Å². The van der Waals surface area contributed by atoms with E-state index in [1.54, 1.807) is 12.1 Å². The quantitative estimate of drug-likeness (QED) is 0.346. The maximum absolute atomic E-state index is 13.7. The second-order valence-corrected chi connectivity index (χ2v) is 10.1. The number of hydrogen-bond donors (Lipinski definition) is 1. The highest BCUT2D eigenvalue weighted by Gasteiger charge is 2.25. The third-order valence-corrected chi connectivity index (χ3v) is 7.24. The summed E-state index contributed by atoms with van der Waals surface area (Å²) >= 11 is 0. The highest BCUT2D eigenvalue weighted by atomic mass is 32.2. The van der Waals surface area contributed by atoms with Crippen LogP contribution in [0, 0.1) is 20.8 Å². The Balaban J connectivity index is 1.70. The van der Waals surface area contributed by atoms with Gasteiger partial charge in [-0.1, -0.05) is 54.1 Å². The summed E-state index contributed by atoms with van der Waals surface area (Å²) in [5.74, 6) is 0.589. The van der Waals surface area contributed by atoms with E-state index in [4.69, 9.17) is 9.47 Å². The average Bonchev–Trinajstić information content (AvgIpc) is 2.85. The SMILES string of the molecule is COc1ncc(S(=O)(=O)c2cccc(OCc3ccccc3)c2)c(Nc2c(C)cc(C)cc2C)n1. The minimum atomic E-state index is -3.98. The first kappa shape index (κ1) is 24.2. The van der Waals surface area contributed by atoms with E-state index in [-0.39, 0.29) is 21.6 Å². The van der Waals surface area contributed by atoms with Crippen LogP contribution in [0.5, 0.6) is 11.8 Å². The number of anilines is 2. The summed E-state index contributed by atoms with van der Waals surface area (Å²) in [6, 6.07) is 20.2. The molecule has 0 aliphatic rings. The minimum absolute atomic E-state index is 0.0575. The number of rotatable bonds is 8. The van der Waals surface area contributed by atoms with E-state index in [0.29, 0.717) is 12.4 Å². The summed E-state index contributed by atoms with van der Waals surface area (Å²) < 4.78 is 38.4. The third kappa shape index (κ3) is 5.44. The maximum Gasteiger partial charge on any atom is 0.318 e. The van der Waals surface area contributed by atoms with E-state index >= 15 is 0 Å². The molecule has 0 bridgehead atoms. The van der Waals surface area contributed by atoms with Crippen molar-refractivity contribution in [3.05, 3.63) is 95.2 Å². The molecule has 1 aromatic heterocycles. The number of aryl methyl sites for hydroxylation is 3. The Bertz CT molecular complexity index is 1430. The van der Waals surface area contributed by atoms with Gasteiger partial charge in [-0.2, -0.15) is 4.98 Å². The maximum atomic E-state index is 13.7. The third-order valence-electron chi connectivity index (χ3n) is 5.49. The van der Waals surface area contributed by atoms with Crippen molar-refractivity contribution >= 4 is 21.3 Å². The van der Waals surface area contributed by atoms with Crippen LogP contribution < -0.4 is 14.8 Å². The normalized spacial score (nSPS) is 11.2. The fourth-order valence-electron chi connectivity index (χ4n) is 3.83. The first-order valence-electron chi connectivity index (χ1n) is 11.1. The van der Waals surface area contributed by atoms with E-state index in [1.165, 1.54) is 25.4 Å². The van der Waals surface area contributed by atoms with Gasteiger partial charge in [0.25, 0.3) is 0 Å². The Labute approximate surface area is 205 Å². The highest BCUT2D eigenvalue weighted by molar-refractivity contribution is 7.91. The van der Waals surface area contributed by atoms with Gasteiger partial charge >= 0.3 is 6.01 Å². The number of nitrogens with one attached hydrogen (secondary N) is 1. The van der Waals surface area contributed by atoms with Crippen molar-refractivity contribution in [2.45, 2.75) is 37.2 Å². The predicted molar refractivity (Wildman–Crippen MR) is 135 cm³/mol. The number of nitrogens with zero attached hydrogens (tertiary/aromatic N) is 2. The molecule has 0 atom stereocenters. The van der Waals surface area contributed by atoms with E-state index < -0.39 is 9.84 Å². The van der Waals surface area contributed by atoms with Gasteiger partial charge in [-0.3, -0.25) is 0 Å². The largest absolute Gasteiger partial charge is 0.489 e. The molecule has 8 heteroatoms. The standard InChI is InChI=1S/C27H27N3O4S/c1-18-13-19(2)25(20(3)14-18)29-26-24(16-28-27(30-26)33-4)35(31,32)23-12-8-11-22(15-23)34-17-21-9-6-5-7-10-21/h5-16H,17H2,1-4H3,(H,28,29,30). The lowest BCUT2D eigenvalue weighted by Gasteiger charge is -2.16. The van der Waals surface area contributed by atoms with Gasteiger partial charge in [-0.15, -0.1) is 0 Å². The summed E-state index contributed by atoms with van der Waals surface area (Å²) in [4.78, 5) is 8.41. The monoisotopic (exact) mass is 489 g/mol. The molecule has 0 aliphatic carbocycles. The van der Waals surface area contributed by atoms with Gasteiger partial charge in [0, 0.05) is 5.69 Å². The van der Waals surface area contributed by atoms with Crippen LogP contribution >= 0.6 is 0 Å². The first-order chi connectivity index (χ1) is 16.8. The lowest BCUT2D eigenvalue weighted by atomic mass is 10.1. The molecular formula is C27H27N3O4S.